The molecule has 1 saturated heterocycles. The molecule has 6 nitrogen and oxygen atoms in total. The normalized spacial score (nSPS) is 14.9. The van der Waals surface area contributed by atoms with Gasteiger partial charge >= 0.3 is 0 Å². The lowest BCUT2D eigenvalue weighted by molar-refractivity contribution is 0.648. The fourth-order valence-electron chi connectivity index (χ4n) is 3.32. The summed E-state index contributed by atoms with van der Waals surface area (Å²) in [6, 6.07) is 11.9. The second-order valence-electron chi connectivity index (χ2n) is 6.41. The first-order chi connectivity index (χ1) is 13.3. The minimum atomic E-state index is 0.807. The van der Waals surface area contributed by atoms with Crippen LogP contribution in [0.3, 0.4) is 0 Å². The maximum Gasteiger partial charge on any atom is 0.214 e. The highest BCUT2D eigenvalue weighted by Crippen LogP contribution is 2.29. The first-order valence-electron chi connectivity index (χ1n) is 8.79. The summed E-state index contributed by atoms with van der Waals surface area (Å²) in [5.74, 6) is 0. The molecule has 8 heteroatoms. The molecule has 4 aromatic rings. The van der Waals surface area contributed by atoms with Crippen LogP contribution in [0.4, 0.5) is 10.8 Å². The Labute approximate surface area is 165 Å². The van der Waals surface area contributed by atoms with Gasteiger partial charge in [-0.1, -0.05) is 35.1 Å². The second kappa shape index (κ2) is 6.83. The van der Waals surface area contributed by atoms with Crippen LogP contribution in [0, 0.1) is 0 Å². The van der Waals surface area contributed by atoms with E-state index in [0.717, 1.165) is 58.2 Å². The summed E-state index contributed by atoms with van der Waals surface area (Å²) >= 11 is 7.95. The van der Waals surface area contributed by atoms with E-state index in [-0.39, 0.29) is 0 Å². The number of hydrogen-bond acceptors (Lipinski definition) is 6. The fraction of sp³-hybridized carbons (Fsp3) is 0.211. The minimum absolute atomic E-state index is 0.807. The lowest BCUT2D eigenvalue weighted by Crippen LogP contribution is -2.46. The molecule has 0 atom stereocenters. The maximum absolute atomic E-state index is 6.33. The molecule has 3 aromatic heterocycles. The fourth-order valence-corrected chi connectivity index (χ4v) is 4.51. The highest BCUT2D eigenvalue weighted by molar-refractivity contribution is 7.20. The van der Waals surface area contributed by atoms with E-state index >= 15 is 0 Å². The number of anilines is 2. The van der Waals surface area contributed by atoms with Crippen molar-refractivity contribution >= 4 is 38.7 Å². The average Bonchev–Trinajstić information content (AvgIpc) is 3.29. The SMILES string of the molecule is Clc1ccccc1N1CCN(c2nn3cc(-c4cccnc4)nc3s2)CC1. The number of aromatic nitrogens is 4. The molecule has 1 aliphatic rings. The Morgan fingerprint density at radius 2 is 1.78 bits per heavy atom. The van der Waals surface area contributed by atoms with Crippen LogP contribution in [0.1, 0.15) is 0 Å². The molecule has 1 fully saturated rings. The zero-order valence-corrected chi connectivity index (χ0v) is 16.1. The molecule has 136 valence electrons. The van der Waals surface area contributed by atoms with Crippen LogP contribution >= 0.6 is 22.9 Å². The van der Waals surface area contributed by atoms with Crippen LogP contribution in [0.2, 0.25) is 5.02 Å². The van der Waals surface area contributed by atoms with Crippen molar-refractivity contribution in [3.05, 3.63) is 60.0 Å². The van der Waals surface area contributed by atoms with Crippen LogP contribution in [0.15, 0.2) is 55.0 Å². The number of benzene rings is 1. The Morgan fingerprint density at radius 1 is 0.963 bits per heavy atom. The van der Waals surface area contributed by atoms with E-state index in [9.17, 15) is 0 Å². The molecule has 0 amide bonds. The van der Waals surface area contributed by atoms with Gasteiger partial charge in [-0.25, -0.2) is 9.50 Å². The predicted octanol–water partition coefficient (Wildman–Crippen LogP) is 3.83. The van der Waals surface area contributed by atoms with Gasteiger partial charge in [0.15, 0.2) is 0 Å². The van der Waals surface area contributed by atoms with Gasteiger partial charge in [-0.05, 0) is 24.3 Å². The molecule has 0 saturated carbocycles. The molecule has 0 radical (unpaired) electrons. The van der Waals surface area contributed by atoms with E-state index in [1.165, 1.54) is 0 Å². The third kappa shape index (κ3) is 3.13. The number of halogens is 1. The van der Waals surface area contributed by atoms with Gasteiger partial charge in [0.25, 0.3) is 0 Å². The van der Waals surface area contributed by atoms with E-state index < -0.39 is 0 Å². The van der Waals surface area contributed by atoms with E-state index in [0.29, 0.717) is 0 Å². The van der Waals surface area contributed by atoms with Crippen molar-refractivity contribution in [3.8, 4) is 11.3 Å². The standard InChI is InChI=1S/C19H17ClN6S/c20-15-5-1-2-6-17(15)24-8-10-25(11-9-24)19-23-26-13-16(22-18(26)27-19)14-4-3-7-21-12-14/h1-7,12-13H,8-11H2. The molecular weight excluding hydrogens is 380 g/mol. The second-order valence-corrected chi connectivity index (χ2v) is 7.75. The largest absolute Gasteiger partial charge is 0.367 e. The number of piperazine rings is 1. The van der Waals surface area contributed by atoms with Gasteiger partial charge in [0.2, 0.25) is 10.1 Å². The molecule has 0 aliphatic carbocycles. The first-order valence-corrected chi connectivity index (χ1v) is 9.98. The molecule has 0 N–H and O–H groups in total. The molecule has 0 spiro atoms. The Bertz CT molecular complexity index is 1040. The van der Waals surface area contributed by atoms with E-state index in [4.69, 9.17) is 21.7 Å². The summed E-state index contributed by atoms with van der Waals surface area (Å²) in [5, 5.41) is 6.55. The molecule has 4 heterocycles. The Morgan fingerprint density at radius 3 is 2.52 bits per heavy atom. The predicted molar refractivity (Wildman–Crippen MR) is 110 cm³/mol. The highest BCUT2D eigenvalue weighted by atomic mass is 35.5. The lowest BCUT2D eigenvalue weighted by Gasteiger charge is -2.36. The minimum Gasteiger partial charge on any atom is -0.367 e. The molecule has 1 aliphatic heterocycles. The molecule has 27 heavy (non-hydrogen) atoms. The van der Waals surface area contributed by atoms with Crippen molar-refractivity contribution in [1.29, 1.82) is 0 Å². The quantitative estimate of drug-likeness (QED) is 0.526. The smallest absolute Gasteiger partial charge is 0.214 e. The first kappa shape index (κ1) is 16.5. The summed E-state index contributed by atoms with van der Waals surface area (Å²) < 4.78 is 1.86. The Hall–Kier alpha value is -2.64. The number of para-hydroxylation sites is 1. The van der Waals surface area contributed by atoms with Crippen LogP contribution in [0.25, 0.3) is 16.2 Å². The van der Waals surface area contributed by atoms with Gasteiger partial charge in [0, 0.05) is 44.1 Å². The zero-order valence-electron chi connectivity index (χ0n) is 14.5. The van der Waals surface area contributed by atoms with Gasteiger partial charge in [-0.2, -0.15) is 0 Å². The van der Waals surface area contributed by atoms with Gasteiger partial charge in [0.1, 0.15) is 0 Å². The van der Waals surface area contributed by atoms with E-state index in [2.05, 4.69) is 20.9 Å². The number of hydrogen-bond donors (Lipinski definition) is 0. The van der Waals surface area contributed by atoms with Gasteiger partial charge < -0.3 is 9.80 Å². The summed E-state index contributed by atoms with van der Waals surface area (Å²) in [4.78, 5) is 14.4. The van der Waals surface area contributed by atoms with Gasteiger partial charge in [0.05, 0.1) is 22.6 Å². The lowest BCUT2D eigenvalue weighted by atomic mass is 10.2. The summed E-state index contributed by atoms with van der Waals surface area (Å²) in [5.41, 5.74) is 3.01. The van der Waals surface area contributed by atoms with Crippen LogP contribution in [-0.4, -0.2) is 45.8 Å². The number of imidazole rings is 1. The Balaban J connectivity index is 1.32. The van der Waals surface area contributed by atoms with Gasteiger partial charge in [-0.15, -0.1) is 5.10 Å². The molecule has 0 unspecified atom stereocenters. The zero-order chi connectivity index (χ0) is 18.2. The molecule has 1 aromatic carbocycles. The third-order valence-corrected chi connectivity index (χ3v) is 6.04. The van der Waals surface area contributed by atoms with Gasteiger partial charge in [-0.3, -0.25) is 4.98 Å². The molecule has 5 rings (SSSR count). The number of pyridine rings is 1. The van der Waals surface area contributed by atoms with Crippen LogP contribution in [0.5, 0.6) is 0 Å². The Kier molecular flexibility index (Phi) is 4.18. The topological polar surface area (TPSA) is 49.6 Å². The molecular formula is C19H17ClN6S. The van der Waals surface area contributed by atoms with Crippen molar-refractivity contribution in [2.24, 2.45) is 0 Å². The number of nitrogens with zero attached hydrogens (tertiary/aromatic N) is 6. The summed E-state index contributed by atoms with van der Waals surface area (Å²) in [6.07, 6.45) is 5.55. The number of fused-ring (bicyclic) bond motifs is 1. The van der Waals surface area contributed by atoms with Crippen molar-refractivity contribution in [2.75, 3.05) is 36.0 Å². The van der Waals surface area contributed by atoms with E-state index in [1.807, 2.05) is 47.2 Å². The summed E-state index contributed by atoms with van der Waals surface area (Å²) in [7, 11) is 0. The highest BCUT2D eigenvalue weighted by Gasteiger charge is 2.22. The summed E-state index contributed by atoms with van der Waals surface area (Å²) in [6.45, 7) is 3.67. The van der Waals surface area contributed by atoms with Crippen molar-refractivity contribution in [3.63, 3.8) is 0 Å². The van der Waals surface area contributed by atoms with Crippen molar-refractivity contribution < 1.29 is 0 Å². The van der Waals surface area contributed by atoms with Crippen LogP contribution in [-0.2, 0) is 0 Å². The van der Waals surface area contributed by atoms with E-state index in [1.54, 1.807) is 17.5 Å². The third-order valence-electron chi connectivity index (χ3n) is 4.73. The van der Waals surface area contributed by atoms with Crippen molar-refractivity contribution in [2.45, 2.75) is 0 Å². The average molecular weight is 397 g/mol. The van der Waals surface area contributed by atoms with Crippen molar-refractivity contribution in [1.82, 2.24) is 19.6 Å². The maximum atomic E-state index is 6.33. The van der Waals surface area contributed by atoms with Crippen LogP contribution < -0.4 is 9.80 Å². The molecule has 0 bridgehead atoms. The number of rotatable bonds is 3. The monoisotopic (exact) mass is 396 g/mol.